The van der Waals surface area contributed by atoms with Gasteiger partial charge in [0.05, 0.1) is 0 Å². The third-order valence-electron chi connectivity index (χ3n) is 3.30. The number of benzene rings is 1. The van der Waals surface area contributed by atoms with Crippen molar-refractivity contribution in [2.75, 3.05) is 39.0 Å². The van der Waals surface area contributed by atoms with Crippen LogP contribution in [0, 0.1) is 0 Å². The highest BCUT2D eigenvalue weighted by molar-refractivity contribution is 5.92. The van der Waals surface area contributed by atoms with Gasteiger partial charge in [0.15, 0.2) is 5.69 Å². The van der Waals surface area contributed by atoms with Gasteiger partial charge in [0.1, 0.15) is 5.82 Å². The Bertz CT molecular complexity index is 598. The van der Waals surface area contributed by atoms with Crippen molar-refractivity contribution in [1.29, 1.82) is 0 Å². The minimum Gasteiger partial charge on any atom is -0.368 e. The molecule has 0 fully saturated rings. The first kappa shape index (κ1) is 16.9. The minimum absolute atomic E-state index is 0.199. The summed E-state index contributed by atoms with van der Waals surface area (Å²) in [6, 6.07) is 13.7. The lowest BCUT2D eigenvalue weighted by Gasteiger charge is -2.10. The molecule has 0 radical (unpaired) electrons. The van der Waals surface area contributed by atoms with Crippen molar-refractivity contribution in [3.63, 3.8) is 0 Å². The Morgan fingerprint density at radius 1 is 1.04 bits per heavy atom. The molecule has 1 amide bonds. The fourth-order valence-electron chi connectivity index (χ4n) is 2.01. The average Bonchev–Trinajstić information content (AvgIpc) is 2.56. The molecule has 6 nitrogen and oxygen atoms in total. The Morgan fingerprint density at radius 3 is 2.48 bits per heavy atom. The molecule has 0 saturated carbocycles. The Kier molecular flexibility index (Phi) is 6.50. The zero-order valence-corrected chi connectivity index (χ0v) is 13.6. The third-order valence-corrected chi connectivity index (χ3v) is 3.30. The Morgan fingerprint density at radius 2 is 1.83 bits per heavy atom. The number of nitrogens with zero attached hydrogens (tertiary/aromatic N) is 3. The van der Waals surface area contributed by atoms with E-state index < -0.39 is 0 Å². The normalized spacial score (nSPS) is 10.6. The Hall–Kier alpha value is -2.47. The highest BCUT2D eigenvalue weighted by atomic mass is 16.1. The molecule has 2 N–H and O–H groups in total. The molecule has 6 heteroatoms. The topological polar surface area (TPSA) is 70.2 Å². The van der Waals surface area contributed by atoms with Crippen molar-refractivity contribution >= 4 is 11.7 Å². The largest absolute Gasteiger partial charge is 0.368 e. The molecule has 0 bridgehead atoms. The quantitative estimate of drug-likeness (QED) is 0.771. The van der Waals surface area contributed by atoms with Gasteiger partial charge in [-0.3, -0.25) is 4.79 Å². The summed E-state index contributed by atoms with van der Waals surface area (Å²) in [5.41, 5.74) is 1.60. The number of hydrogen-bond donors (Lipinski definition) is 2. The smallest absolute Gasteiger partial charge is 0.271 e. The predicted octanol–water partition coefficient (Wildman–Crippen LogP) is 1.42. The van der Waals surface area contributed by atoms with Gasteiger partial charge in [0.25, 0.3) is 5.91 Å². The highest BCUT2D eigenvalue weighted by Crippen LogP contribution is 2.04. The van der Waals surface area contributed by atoms with Crippen LogP contribution < -0.4 is 10.6 Å². The van der Waals surface area contributed by atoms with Crippen molar-refractivity contribution in [1.82, 2.24) is 20.4 Å². The summed E-state index contributed by atoms with van der Waals surface area (Å²) < 4.78 is 0. The number of rotatable bonds is 8. The number of carbonyl (C=O) groups excluding carboxylic acids is 1. The van der Waals surface area contributed by atoms with Crippen molar-refractivity contribution in [2.45, 2.75) is 6.42 Å². The maximum atomic E-state index is 11.9. The molecule has 0 aliphatic rings. The Labute approximate surface area is 136 Å². The molecule has 0 atom stereocenters. The van der Waals surface area contributed by atoms with Crippen molar-refractivity contribution < 1.29 is 4.79 Å². The van der Waals surface area contributed by atoms with E-state index in [0.29, 0.717) is 18.1 Å². The molecule has 0 aliphatic heterocycles. The fraction of sp³-hybridized carbons (Fsp3) is 0.353. The lowest BCUT2D eigenvalue weighted by Crippen LogP contribution is -2.31. The summed E-state index contributed by atoms with van der Waals surface area (Å²) in [5, 5.41) is 14.0. The van der Waals surface area contributed by atoms with Gasteiger partial charge in [-0.05, 0) is 38.2 Å². The van der Waals surface area contributed by atoms with Crippen LogP contribution in [-0.2, 0) is 6.42 Å². The monoisotopic (exact) mass is 313 g/mol. The second-order valence-corrected chi connectivity index (χ2v) is 5.53. The van der Waals surface area contributed by atoms with Gasteiger partial charge in [-0.25, -0.2) is 0 Å². The first-order chi connectivity index (χ1) is 11.1. The van der Waals surface area contributed by atoms with E-state index in [2.05, 4.69) is 33.0 Å². The van der Waals surface area contributed by atoms with E-state index >= 15 is 0 Å². The Balaban J connectivity index is 1.76. The SMILES string of the molecule is CN(C)CCNC(=O)c1ccc(NCCc2ccccc2)nn1. The van der Waals surface area contributed by atoms with Crippen LogP contribution in [0.15, 0.2) is 42.5 Å². The van der Waals surface area contributed by atoms with E-state index in [1.807, 2.05) is 37.2 Å². The summed E-state index contributed by atoms with van der Waals surface area (Å²) in [5.74, 6) is 0.473. The summed E-state index contributed by atoms with van der Waals surface area (Å²) in [6.07, 6.45) is 0.912. The molecular formula is C17H23N5O. The molecule has 122 valence electrons. The number of aromatic nitrogens is 2. The molecule has 1 aromatic carbocycles. The van der Waals surface area contributed by atoms with Gasteiger partial charge in [-0.2, -0.15) is 0 Å². The molecular weight excluding hydrogens is 290 g/mol. The van der Waals surface area contributed by atoms with Gasteiger partial charge in [0, 0.05) is 19.6 Å². The molecule has 2 aromatic rings. The number of likely N-dealkylation sites (N-methyl/N-ethyl adjacent to an activating group) is 1. The maximum Gasteiger partial charge on any atom is 0.271 e. The van der Waals surface area contributed by atoms with Gasteiger partial charge in [-0.1, -0.05) is 30.3 Å². The molecule has 1 aromatic heterocycles. The van der Waals surface area contributed by atoms with E-state index in [4.69, 9.17) is 0 Å². The van der Waals surface area contributed by atoms with E-state index in [-0.39, 0.29) is 5.91 Å². The minimum atomic E-state index is -0.199. The summed E-state index contributed by atoms with van der Waals surface area (Å²) >= 11 is 0. The van der Waals surface area contributed by atoms with Crippen LogP contribution in [0.5, 0.6) is 0 Å². The number of hydrogen-bond acceptors (Lipinski definition) is 5. The summed E-state index contributed by atoms with van der Waals surface area (Å²) in [4.78, 5) is 13.9. The average molecular weight is 313 g/mol. The molecule has 23 heavy (non-hydrogen) atoms. The van der Waals surface area contributed by atoms with Gasteiger partial charge >= 0.3 is 0 Å². The first-order valence-corrected chi connectivity index (χ1v) is 7.69. The lowest BCUT2D eigenvalue weighted by molar-refractivity contribution is 0.0945. The van der Waals surface area contributed by atoms with Crippen LogP contribution in [0.4, 0.5) is 5.82 Å². The molecule has 0 unspecified atom stereocenters. The third kappa shape index (κ3) is 6.04. The first-order valence-electron chi connectivity index (χ1n) is 7.69. The van der Waals surface area contributed by atoms with E-state index in [0.717, 1.165) is 19.5 Å². The van der Waals surface area contributed by atoms with Crippen molar-refractivity contribution in [2.24, 2.45) is 0 Å². The zero-order valence-electron chi connectivity index (χ0n) is 13.6. The fourth-order valence-corrected chi connectivity index (χ4v) is 2.01. The highest BCUT2D eigenvalue weighted by Gasteiger charge is 2.07. The number of carbonyl (C=O) groups is 1. The van der Waals surface area contributed by atoms with Crippen LogP contribution in [-0.4, -0.2) is 54.7 Å². The number of anilines is 1. The van der Waals surface area contributed by atoms with Crippen LogP contribution in [0.2, 0.25) is 0 Å². The van der Waals surface area contributed by atoms with Crippen LogP contribution in [0.1, 0.15) is 16.1 Å². The summed E-state index contributed by atoms with van der Waals surface area (Å²) in [6.45, 7) is 2.15. The summed E-state index contributed by atoms with van der Waals surface area (Å²) in [7, 11) is 3.92. The number of amides is 1. The number of nitrogens with one attached hydrogen (secondary N) is 2. The molecule has 0 aliphatic carbocycles. The van der Waals surface area contributed by atoms with Gasteiger partial charge in [-0.15, -0.1) is 10.2 Å². The van der Waals surface area contributed by atoms with E-state index in [1.165, 1.54) is 5.56 Å². The van der Waals surface area contributed by atoms with Crippen LogP contribution in [0.3, 0.4) is 0 Å². The zero-order chi connectivity index (χ0) is 16.5. The van der Waals surface area contributed by atoms with Crippen LogP contribution in [0.25, 0.3) is 0 Å². The van der Waals surface area contributed by atoms with Crippen LogP contribution >= 0.6 is 0 Å². The van der Waals surface area contributed by atoms with Crippen molar-refractivity contribution in [3.8, 4) is 0 Å². The predicted molar refractivity (Wildman–Crippen MR) is 91.6 cm³/mol. The molecule has 1 heterocycles. The second kappa shape index (κ2) is 8.85. The van der Waals surface area contributed by atoms with E-state index in [1.54, 1.807) is 12.1 Å². The van der Waals surface area contributed by atoms with Crippen molar-refractivity contribution in [3.05, 3.63) is 53.7 Å². The molecule has 0 spiro atoms. The maximum absolute atomic E-state index is 11.9. The molecule has 0 saturated heterocycles. The molecule has 2 rings (SSSR count). The second-order valence-electron chi connectivity index (χ2n) is 5.53. The standard InChI is InChI=1S/C17H23N5O/c1-22(2)13-12-19-17(23)15-8-9-16(21-20-15)18-11-10-14-6-4-3-5-7-14/h3-9H,10-13H2,1-2H3,(H,18,21)(H,19,23). The lowest BCUT2D eigenvalue weighted by atomic mass is 10.1. The van der Waals surface area contributed by atoms with Gasteiger partial charge < -0.3 is 15.5 Å². The van der Waals surface area contributed by atoms with E-state index in [9.17, 15) is 4.79 Å². The van der Waals surface area contributed by atoms with Gasteiger partial charge in [0.2, 0.25) is 0 Å².